The molecule has 0 atom stereocenters. The maximum absolute atomic E-state index is 9.41. The summed E-state index contributed by atoms with van der Waals surface area (Å²) in [6.07, 6.45) is 0. The van der Waals surface area contributed by atoms with Crippen molar-refractivity contribution in [3.05, 3.63) is 41.4 Å². The van der Waals surface area contributed by atoms with E-state index in [1.165, 1.54) is 0 Å². The third-order valence-electron chi connectivity index (χ3n) is 2.71. The highest BCUT2D eigenvalue weighted by atomic mass is 35.5. The minimum atomic E-state index is 0.191. The number of fused-ring (bicyclic) bond motifs is 1. The molecule has 0 aliphatic carbocycles. The summed E-state index contributed by atoms with van der Waals surface area (Å²) in [4.78, 5) is 7.53. The number of anilines is 1. The SMILES string of the molecule is Nc1ccc(Cl)c(-c2nc3ccc(O)cc3[nH]2)c1. The third kappa shape index (κ3) is 1.76. The summed E-state index contributed by atoms with van der Waals surface area (Å²) in [5.74, 6) is 0.823. The average Bonchev–Trinajstić information content (AvgIpc) is 2.74. The molecule has 0 saturated heterocycles. The number of hydrogen-bond donors (Lipinski definition) is 3. The summed E-state index contributed by atoms with van der Waals surface area (Å²) in [6.45, 7) is 0. The van der Waals surface area contributed by atoms with Crippen LogP contribution in [-0.2, 0) is 0 Å². The van der Waals surface area contributed by atoms with Gasteiger partial charge in [0.25, 0.3) is 0 Å². The Hall–Kier alpha value is -2.20. The summed E-state index contributed by atoms with van der Waals surface area (Å²) in [6, 6.07) is 10.2. The molecule has 4 nitrogen and oxygen atoms in total. The highest BCUT2D eigenvalue weighted by molar-refractivity contribution is 6.33. The first-order chi connectivity index (χ1) is 8.63. The Balaban J connectivity index is 2.22. The zero-order valence-electron chi connectivity index (χ0n) is 9.31. The van der Waals surface area contributed by atoms with Crippen LogP contribution >= 0.6 is 11.6 Å². The van der Waals surface area contributed by atoms with E-state index in [1.807, 2.05) is 0 Å². The Labute approximate surface area is 108 Å². The number of rotatable bonds is 1. The van der Waals surface area contributed by atoms with E-state index in [9.17, 15) is 5.11 Å². The van der Waals surface area contributed by atoms with Gasteiger partial charge in [0.1, 0.15) is 11.6 Å². The molecule has 0 fully saturated rings. The first-order valence-corrected chi connectivity index (χ1v) is 5.75. The third-order valence-corrected chi connectivity index (χ3v) is 3.04. The summed E-state index contributed by atoms with van der Waals surface area (Å²) >= 11 is 6.12. The van der Waals surface area contributed by atoms with Crippen LogP contribution in [0, 0.1) is 0 Å². The van der Waals surface area contributed by atoms with Gasteiger partial charge in [0.2, 0.25) is 0 Å². The van der Waals surface area contributed by atoms with Gasteiger partial charge in [0, 0.05) is 17.3 Å². The number of imidazole rings is 1. The molecule has 90 valence electrons. The summed E-state index contributed by atoms with van der Waals surface area (Å²) in [7, 11) is 0. The fourth-order valence-corrected chi connectivity index (χ4v) is 2.06. The number of halogens is 1. The van der Waals surface area contributed by atoms with E-state index in [0.717, 1.165) is 16.6 Å². The van der Waals surface area contributed by atoms with E-state index in [0.29, 0.717) is 16.5 Å². The average molecular weight is 260 g/mol. The van der Waals surface area contributed by atoms with Gasteiger partial charge >= 0.3 is 0 Å². The number of nitrogen functional groups attached to an aromatic ring is 1. The Kier molecular flexibility index (Phi) is 2.38. The Morgan fingerprint density at radius 3 is 2.83 bits per heavy atom. The van der Waals surface area contributed by atoms with Gasteiger partial charge in [-0.15, -0.1) is 0 Å². The maximum atomic E-state index is 9.41. The Morgan fingerprint density at radius 2 is 2.00 bits per heavy atom. The lowest BCUT2D eigenvalue weighted by atomic mass is 10.2. The fraction of sp³-hybridized carbons (Fsp3) is 0. The number of aromatic nitrogens is 2. The van der Waals surface area contributed by atoms with Crippen molar-refractivity contribution in [3.8, 4) is 17.1 Å². The largest absolute Gasteiger partial charge is 0.508 e. The minimum Gasteiger partial charge on any atom is -0.508 e. The van der Waals surface area contributed by atoms with Gasteiger partial charge in [-0.3, -0.25) is 0 Å². The van der Waals surface area contributed by atoms with Gasteiger partial charge in [-0.2, -0.15) is 0 Å². The van der Waals surface area contributed by atoms with Crippen LogP contribution in [0.15, 0.2) is 36.4 Å². The molecule has 0 aliphatic heterocycles. The molecular weight excluding hydrogens is 250 g/mol. The minimum absolute atomic E-state index is 0.191. The van der Waals surface area contributed by atoms with Crippen molar-refractivity contribution in [2.75, 3.05) is 5.73 Å². The standard InChI is InChI=1S/C13H10ClN3O/c14-10-3-1-7(15)5-9(10)13-16-11-4-2-8(18)6-12(11)17-13/h1-6,18H,15H2,(H,16,17). The molecule has 0 bridgehead atoms. The van der Waals surface area contributed by atoms with Crippen LogP contribution in [0.5, 0.6) is 5.75 Å². The van der Waals surface area contributed by atoms with E-state index in [1.54, 1.807) is 36.4 Å². The van der Waals surface area contributed by atoms with Crippen molar-refractivity contribution < 1.29 is 5.11 Å². The van der Waals surface area contributed by atoms with Crippen LogP contribution < -0.4 is 5.73 Å². The van der Waals surface area contributed by atoms with Crippen molar-refractivity contribution in [2.24, 2.45) is 0 Å². The highest BCUT2D eigenvalue weighted by Gasteiger charge is 2.09. The van der Waals surface area contributed by atoms with Gasteiger partial charge in [-0.25, -0.2) is 4.98 Å². The van der Waals surface area contributed by atoms with Crippen molar-refractivity contribution in [2.45, 2.75) is 0 Å². The smallest absolute Gasteiger partial charge is 0.140 e. The number of aromatic hydroxyl groups is 1. The maximum Gasteiger partial charge on any atom is 0.140 e. The topological polar surface area (TPSA) is 74.9 Å². The van der Waals surface area contributed by atoms with Gasteiger partial charge in [0.15, 0.2) is 0 Å². The second-order valence-electron chi connectivity index (χ2n) is 4.03. The first-order valence-electron chi connectivity index (χ1n) is 5.37. The molecule has 0 spiro atoms. The number of nitrogens with zero attached hydrogens (tertiary/aromatic N) is 1. The molecule has 0 saturated carbocycles. The van der Waals surface area contributed by atoms with Crippen LogP contribution in [0.2, 0.25) is 5.02 Å². The molecule has 0 radical (unpaired) electrons. The molecular formula is C13H10ClN3O. The molecule has 1 heterocycles. The van der Waals surface area contributed by atoms with Gasteiger partial charge in [0.05, 0.1) is 16.1 Å². The number of nitrogens with two attached hydrogens (primary N) is 1. The summed E-state index contributed by atoms with van der Waals surface area (Å²) < 4.78 is 0. The number of aromatic amines is 1. The molecule has 3 rings (SSSR count). The molecule has 0 aliphatic rings. The van der Waals surface area contributed by atoms with Crippen molar-refractivity contribution in [1.82, 2.24) is 9.97 Å². The van der Waals surface area contributed by atoms with Crippen LogP contribution in [-0.4, -0.2) is 15.1 Å². The second kappa shape index (κ2) is 3.92. The molecule has 0 unspecified atom stereocenters. The van der Waals surface area contributed by atoms with Crippen LogP contribution in [0.25, 0.3) is 22.4 Å². The number of nitrogens with one attached hydrogen (secondary N) is 1. The van der Waals surface area contributed by atoms with Gasteiger partial charge in [-0.1, -0.05) is 11.6 Å². The predicted molar refractivity (Wildman–Crippen MR) is 72.6 cm³/mol. The van der Waals surface area contributed by atoms with E-state index < -0.39 is 0 Å². The summed E-state index contributed by atoms with van der Waals surface area (Å²) in [5.41, 5.74) is 8.63. The van der Waals surface area contributed by atoms with Crippen LogP contribution in [0.1, 0.15) is 0 Å². The molecule has 18 heavy (non-hydrogen) atoms. The van der Waals surface area contributed by atoms with Crippen molar-refractivity contribution in [3.63, 3.8) is 0 Å². The second-order valence-corrected chi connectivity index (χ2v) is 4.43. The van der Waals surface area contributed by atoms with E-state index >= 15 is 0 Å². The lowest BCUT2D eigenvalue weighted by molar-refractivity contribution is 0.476. The quantitative estimate of drug-likeness (QED) is 0.588. The monoisotopic (exact) mass is 259 g/mol. The number of hydrogen-bond acceptors (Lipinski definition) is 3. The lowest BCUT2D eigenvalue weighted by Crippen LogP contribution is -1.87. The fourth-order valence-electron chi connectivity index (χ4n) is 1.85. The number of phenols is 1. The lowest BCUT2D eigenvalue weighted by Gasteiger charge is -2.01. The molecule has 5 heteroatoms. The van der Waals surface area contributed by atoms with Gasteiger partial charge < -0.3 is 15.8 Å². The van der Waals surface area contributed by atoms with Gasteiger partial charge in [-0.05, 0) is 30.3 Å². The normalized spacial score (nSPS) is 10.9. The zero-order chi connectivity index (χ0) is 12.7. The first kappa shape index (κ1) is 10.9. The number of phenolic OH excluding ortho intramolecular Hbond substituents is 1. The van der Waals surface area contributed by atoms with Crippen molar-refractivity contribution in [1.29, 1.82) is 0 Å². The molecule has 2 aromatic carbocycles. The Morgan fingerprint density at radius 1 is 1.17 bits per heavy atom. The molecule has 1 aromatic heterocycles. The molecule has 4 N–H and O–H groups in total. The van der Waals surface area contributed by atoms with Crippen LogP contribution in [0.3, 0.4) is 0 Å². The number of H-pyrrole nitrogens is 1. The summed E-state index contributed by atoms with van der Waals surface area (Å²) in [5, 5.41) is 9.99. The predicted octanol–water partition coefficient (Wildman–Crippen LogP) is 3.17. The van der Waals surface area contributed by atoms with Crippen LogP contribution in [0.4, 0.5) is 5.69 Å². The molecule has 0 amide bonds. The molecule has 3 aromatic rings. The highest BCUT2D eigenvalue weighted by Crippen LogP contribution is 2.30. The van der Waals surface area contributed by atoms with Crippen molar-refractivity contribution >= 4 is 28.3 Å². The van der Waals surface area contributed by atoms with E-state index in [4.69, 9.17) is 17.3 Å². The van der Waals surface area contributed by atoms with E-state index in [2.05, 4.69) is 9.97 Å². The number of benzene rings is 2. The Bertz CT molecular complexity index is 736. The van der Waals surface area contributed by atoms with E-state index in [-0.39, 0.29) is 5.75 Å². The zero-order valence-corrected chi connectivity index (χ0v) is 10.1.